The van der Waals surface area contributed by atoms with Gasteiger partial charge in [-0.15, -0.1) is 0 Å². The van der Waals surface area contributed by atoms with Gasteiger partial charge in [0.2, 0.25) is 5.24 Å². The third-order valence-corrected chi connectivity index (χ3v) is 4.78. The molecule has 1 atom stereocenters. The maximum Gasteiger partial charge on any atom is 0.222 e. The fourth-order valence-corrected chi connectivity index (χ4v) is 3.20. The molecule has 1 unspecified atom stereocenters. The monoisotopic (exact) mass is 371 g/mol. The number of nitrogens with zero attached hydrogens (tertiary/aromatic N) is 1. The molecule has 2 aromatic rings. The summed E-state index contributed by atoms with van der Waals surface area (Å²) in [7, 11) is 0. The molecule has 3 rings (SSSR count). The van der Waals surface area contributed by atoms with Crippen molar-refractivity contribution in [3.8, 4) is 0 Å². The molecule has 136 valence electrons. The van der Waals surface area contributed by atoms with E-state index in [0.29, 0.717) is 26.0 Å². The average molecular weight is 372 g/mol. The Kier molecular flexibility index (Phi) is 6.56. The Morgan fingerprint density at radius 2 is 1.81 bits per heavy atom. The molecule has 0 N–H and O–H groups in total. The maximum atomic E-state index is 12.3. The van der Waals surface area contributed by atoms with E-state index in [1.54, 1.807) is 0 Å². The highest BCUT2D eigenvalue weighted by Crippen LogP contribution is 2.23. The number of Topliss-reactive ketones (excluding diaryl/α,β-unsaturated/α-hetero) is 1. The highest BCUT2D eigenvalue weighted by Gasteiger charge is 2.22. The van der Waals surface area contributed by atoms with Gasteiger partial charge in [0.25, 0.3) is 0 Å². The Balaban J connectivity index is 1.58. The first-order chi connectivity index (χ1) is 12.6. The summed E-state index contributed by atoms with van der Waals surface area (Å²) in [6.07, 6.45) is 0.724. The second-order valence-electron chi connectivity index (χ2n) is 6.47. The Morgan fingerprint density at radius 3 is 2.50 bits per heavy atom. The Morgan fingerprint density at radius 1 is 1.08 bits per heavy atom. The summed E-state index contributed by atoms with van der Waals surface area (Å²) in [4.78, 5) is 25.4. The highest BCUT2D eigenvalue weighted by atomic mass is 35.5. The van der Waals surface area contributed by atoms with Gasteiger partial charge in [-0.05, 0) is 22.7 Å². The first-order valence-corrected chi connectivity index (χ1v) is 9.19. The number of ether oxygens (including phenoxy) is 1. The van der Waals surface area contributed by atoms with Crippen LogP contribution in [0, 0.1) is 0 Å². The van der Waals surface area contributed by atoms with E-state index < -0.39 is 0 Å². The largest absolute Gasteiger partial charge is 0.371 e. The summed E-state index contributed by atoms with van der Waals surface area (Å²) >= 11 is 5.43. The number of ketones is 1. The summed E-state index contributed by atoms with van der Waals surface area (Å²) in [5.74, 6) is 0.115. The van der Waals surface area contributed by atoms with E-state index >= 15 is 0 Å². The molecule has 1 aliphatic heterocycles. The standard InChI is InChI=1S/C21H22ClNO3/c22-21(25)10-11-23-12-13-26-20(15-23)18-8-6-16(7-9-18)14-19(24)17-4-2-1-3-5-17/h1-9,20H,10-15H2. The SMILES string of the molecule is O=C(Cl)CCN1CCOC(c2ccc(CC(=O)c3ccccc3)cc2)C1. The minimum atomic E-state index is -0.305. The van der Waals surface area contributed by atoms with Gasteiger partial charge in [-0.25, -0.2) is 0 Å². The first-order valence-electron chi connectivity index (χ1n) is 8.81. The van der Waals surface area contributed by atoms with E-state index in [1.807, 2.05) is 54.6 Å². The highest BCUT2D eigenvalue weighted by molar-refractivity contribution is 6.63. The van der Waals surface area contributed by atoms with Crippen molar-refractivity contribution in [1.82, 2.24) is 4.90 Å². The van der Waals surface area contributed by atoms with Crippen molar-refractivity contribution in [2.24, 2.45) is 0 Å². The first kappa shape index (κ1) is 18.8. The minimum absolute atomic E-state index is 0.0203. The lowest BCUT2D eigenvalue weighted by Crippen LogP contribution is -2.39. The summed E-state index contributed by atoms with van der Waals surface area (Å²) in [5.41, 5.74) is 2.81. The van der Waals surface area contributed by atoms with Crippen LogP contribution in [0.15, 0.2) is 54.6 Å². The van der Waals surface area contributed by atoms with Crippen molar-refractivity contribution < 1.29 is 14.3 Å². The second-order valence-corrected chi connectivity index (χ2v) is 6.89. The maximum absolute atomic E-state index is 12.3. The summed E-state index contributed by atoms with van der Waals surface area (Å²) < 4.78 is 5.86. The Bertz CT molecular complexity index is 746. The van der Waals surface area contributed by atoms with E-state index in [1.165, 1.54) is 0 Å². The molecule has 1 saturated heterocycles. The predicted octanol–water partition coefficient (Wildman–Crippen LogP) is 3.64. The summed E-state index contributed by atoms with van der Waals surface area (Å²) in [5, 5.41) is -0.305. The van der Waals surface area contributed by atoms with E-state index in [2.05, 4.69) is 4.90 Å². The summed E-state index contributed by atoms with van der Waals surface area (Å²) in [6, 6.07) is 17.4. The van der Waals surface area contributed by atoms with Crippen LogP contribution in [0.25, 0.3) is 0 Å². The number of halogens is 1. The third-order valence-electron chi connectivity index (χ3n) is 4.59. The summed E-state index contributed by atoms with van der Waals surface area (Å²) in [6.45, 7) is 2.85. The van der Waals surface area contributed by atoms with E-state index in [0.717, 1.165) is 29.8 Å². The van der Waals surface area contributed by atoms with Crippen LogP contribution >= 0.6 is 11.6 Å². The number of carbonyl (C=O) groups excluding carboxylic acids is 2. The molecule has 2 aromatic carbocycles. The fraction of sp³-hybridized carbons (Fsp3) is 0.333. The van der Waals surface area contributed by atoms with Crippen LogP contribution in [-0.2, 0) is 16.0 Å². The van der Waals surface area contributed by atoms with Crippen LogP contribution in [0.1, 0.15) is 34.0 Å². The smallest absolute Gasteiger partial charge is 0.222 e. The number of benzene rings is 2. The van der Waals surface area contributed by atoms with Crippen LogP contribution in [-0.4, -0.2) is 42.2 Å². The minimum Gasteiger partial charge on any atom is -0.371 e. The lowest BCUT2D eigenvalue weighted by Gasteiger charge is -2.32. The van der Waals surface area contributed by atoms with Crippen molar-refractivity contribution in [2.75, 3.05) is 26.2 Å². The van der Waals surface area contributed by atoms with Gasteiger partial charge >= 0.3 is 0 Å². The van der Waals surface area contributed by atoms with Crippen LogP contribution < -0.4 is 0 Å². The fourth-order valence-electron chi connectivity index (χ4n) is 3.11. The Hall–Kier alpha value is -2.01. The molecule has 5 heteroatoms. The molecular formula is C21H22ClNO3. The van der Waals surface area contributed by atoms with Crippen molar-refractivity contribution in [1.29, 1.82) is 0 Å². The van der Waals surface area contributed by atoms with Crippen molar-refractivity contribution in [3.05, 3.63) is 71.3 Å². The van der Waals surface area contributed by atoms with Crippen molar-refractivity contribution in [3.63, 3.8) is 0 Å². The molecule has 1 fully saturated rings. The molecule has 0 radical (unpaired) electrons. The van der Waals surface area contributed by atoms with Crippen molar-refractivity contribution in [2.45, 2.75) is 18.9 Å². The average Bonchev–Trinajstić information content (AvgIpc) is 2.68. The molecule has 0 aromatic heterocycles. The molecule has 1 heterocycles. The lowest BCUT2D eigenvalue weighted by atomic mass is 10.00. The number of morpholine rings is 1. The van der Waals surface area contributed by atoms with Gasteiger partial charge in [-0.3, -0.25) is 14.5 Å². The molecule has 4 nitrogen and oxygen atoms in total. The zero-order valence-electron chi connectivity index (χ0n) is 14.6. The van der Waals surface area contributed by atoms with Crippen LogP contribution in [0.3, 0.4) is 0 Å². The van der Waals surface area contributed by atoms with E-state index in [-0.39, 0.29) is 17.1 Å². The third kappa shape index (κ3) is 5.24. The van der Waals surface area contributed by atoms with Crippen LogP contribution in [0.5, 0.6) is 0 Å². The normalized spacial score (nSPS) is 17.8. The van der Waals surface area contributed by atoms with Crippen LogP contribution in [0.4, 0.5) is 0 Å². The van der Waals surface area contributed by atoms with Gasteiger partial charge in [-0.1, -0.05) is 54.6 Å². The Labute approximate surface area is 158 Å². The van der Waals surface area contributed by atoms with Crippen molar-refractivity contribution >= 4 is 22.6 Å². The van der Waals surface area contributed by atoms with Gasteiger partial charge in [0.1, 0.15) is 0 Å². The van der Waals surface area contributed by atoms with Gasteiger partial charge in [0.15, 0.2) is 5.78 Å². The topological polar surface area (TPSA) is 46.6 Å². The number of hydrogen-bond acceptors (Lipinski definition) is 4. The van der Waals surface area contributed by atoms with Gasteiger partial charge in [0, 0.05) is 38.0 Å². The lowest BCUT2D eigenvalue weighted by molar-refractivity contribution is -0.112. The molecular weight excluding hydrogens is 350 g/mol. The molecule has 0 spiro atoms. The molecule has 26 heavy (non-hydrogen) atoms. The second kappa shape index (κ2) is 9.08. The molecule has 1 aliphatic rings. The molecule has 0 saturated carbocycles. The number of hydrogen-bond donors (Lipinski definition) is 0. The van der Waals surface area contributed by atoms with Gasteiger partial charge < -0.3 is 4.74 Å². The van der Waals surface area contributed by atoms with Gasteiger partial charge in [0.05, 0.1) is 12.7 Å². The molecule has 0 amide bonds. The molecule has 0 bridgehead atoms. The van der Waals surface area contributed by atoms with Gasteiger partial charge in [-0.2, -0.15) is 0 Å². The predicted molar refractivity (Wildman–Crippen MR) is 102 cm³/mol. The number of carbonyl (C=O) groups is 2. The number of rotatable bonds is 7. The quantitative estimate of drug-likeness (QED) is 0.550. The van der Waals surface area contributed by atoms with Crippen LogP contribution in [0.2, 0.25) is 0 Å². The molecule has 0 aliphatic carbocycles. The zero-order chi connectivity index (χ0) is 18.4. The van der Waals surface area contributed by atoms with E-state index in [9.17, 15) is 9.59 Å². The van der Waals surface area contributed by atoms with E-state index in [4.69, 9.17) is 16.3 Å². The zero-order valence-corrected chi connectivity index (χ0v) is 15.3.